The van der Waals surface area contributed by atoms with Gasteiger partial charge in [-0.1, -0.05) is 84.1 Å². The number of hydrogen-bond acceptors (Lipinski definition) is 4. The van der Waals surface area contributed by atoms with Gasteiger partial charge in [-0.25, -0.2) is 4.99 Å². The quantitative estimate of drug-likeness (QED) is 0.516. The van der Waals surface area contributed by atoms with E-state index in [1.807, 2.05) is 34.9 Å². The van der Waals surface area contributed by atoms with Crippen LogP contribution < -0.4 is 14.9 Å². The Bertz CT molecular complexity index is 1560. The number of para-hydroxylation sites is 1. The molecule has 1 N–H and O–H groups in total. The van der Waals surface area contributed by atoms with Crippen molar-refractivity contribution in [1.29, 1.82) is 0 Å². The number of fused-ring (bicyclic) bond motifs is 3. The van der Waals surface area contributed by atoms with Gasteiger partial charge in [0.1, 0.15) is 5.75 Å². The third kappa shape index (κ3) is 2.97. The fourth-order valence-electron chi connectivity index (χ4n) is 4.71. The zero-order chi connectivity index (χ0) is 21.7. The van der Waals surface area contributed by atoms with Crippen molar-refractivity contribution in [3.05, 3.63) is 126 Å². The number of allylic oxidation sites excluding steroid dienone is 1. The average Bonchev–Trinajstić information content (AvgIpc) is 3.14. The molecule has 0 spiro atoms. The molecule has 2 aliphatic rings. The Morgan fingerprint density at radius 2 is 1.69 bits per heavy atom. The number of rotatable bonds is 2. The predicted molar refractivity (Wildman–Crippen MR) is 127 cm³/mol. The molecule has 1 aromatic heterocycles. The molecule has 6 rings (SSSR count). The van der Waals surface area contributed by atoms with Crippen LogP contribution in [0, 0.1) is 0 Å². The smallest absolute Gasteiger partial charge is 0.271 e. The molecule has 0 bridgehead atoms. The zero-order valence-electron chi connectivity index (χ0n) is 17.2. The molecule has 32 heavy (non-hydrogen) atoms. The minimum absolute atomic E-state index is 0.0729. The fourth-order valence-corrected chi connectivity index (χ4v) is 5.70. The van der Waals surface area contributed by atoms with Crippen LogP contribution in [0.3, 0.4) is 0 Å². The van der Waals surface area contributed by atoms with E-state index in [0.29, 0.717) is 14.9 Å². The van der Waals surface area contributed by atoms with Crippen molar-refractivity contribution < 1.29 is 5.11 Å². The van der Waals surface area contributed by atoms with Gasteiger partial charge in [0, 0.05) is 11.1 Å². The third-order valence-electron chi connectivity index (χ3n) is 6.21. The predicted octanol–water partition coefficient (Wildman–Crippen LogP) is 4.02. The van der Waals surface area contributed by atoms with Crippen LogP contribution in [0.25, 0.3) is 11.8 Å². The van der Waals surface area contributed by atoms with Crippen molar-refractivity contribution in [2.75, 3.05) is 0 Å². The largest absolute Gasteiger partial charge is 0.507 e. The molecule has 1 aliphatic carbocycles. The SMILES string of the molecule is O=c1c(=Cc2ccccc2O)sc2n1[C@H](c1ccccc1)C1=C(N=2)c2ccccc2CC1. The average molecular weight is 437 g/mol. The monoisotopic (exact) mass is 436 g/mol. The van der Waals surface area contributed by atoms with Gasteiger partial charge < -0.3 is 5.11 Å². The van der Waals surface area contributed by atoms with Crippen LogP contribution in [0.2, 0.25) is 0 Å². The van der Waals surface area contributed by atoms with Crippen molar-refractivity contribution in [3.63, 3.8) is 0 Å². The molecule has 0 saturated heterocycles. The number of aryl methyl sites for hydroxylation is 1. The summed E-state index contributed by atoms with van der Waals surface area (Å²) in [5, 5.41) is 10.2. The topological polar surface area (TPSA) is 54.6 Å². The summed E-state index contributed by atoms with van der Waals surface area (Å²) in [6.07, 6.45) is 3.58. The van der Waals surface area contributed by atoms with E-state index >= 15 is 0 Å². The van der Waals surface area contributed by atoms with E-state index in [1.165, 1.54) is 22.5 Å². The molecule has 4 nitrogen and oxygen atoms in total. The zero-order valence-corrected chi connectivity index (χ0v) is 18.0. The molecule has 1 atom stereocenters. The van der Waals surface area contributed by atoms with Crippen molar-refractivity contribution >= 4 is 23.1 Å². The summed E-state index contributed by atoms with van der Waals surface area (Å²) in [6, 6.07) is 25.5. The van der Waals surface area contributed by atoms with E-state index in [4.69, 9.17) is 4.99 Å². The lowest BCUT2D eigenvalue weighted by Crippen LogP contribution is -2.38. The van der Waals surface area contributed by atoms with E-state index in [1.54, 1.807) is 18.2 Å². The Labute approximate surface area is 188 Å². The second-order valence-electron chi connectivity index (χ2n) is 8.08. The van der Waals surface area contributed by atoms with Crippen LogP contribution >= 0.6 is 11.3 Å². The lowest BCUT2D eigenvalue weighted by molar-refractivity contribution is 0.474. The van der Waals surface area contributed by atoms with Gasteiger partial charge in [-0.2, -0.15) is 0 Å². The van der Waals surface area contributed by atoms with Gasteiger partial charge >= 0.3 is 0 Å². The van der Waals surface area contributed by atoms with Gasteiger partial charge in [0.05, 0.1) is 16.3 Å². The maximum Gasteiger partial charge on any atom is 0.271 e. The normalized spacial score (nSPS) is 17.4. The third-order valence-corrected chi connectivity index (χ3v) is 7.19. The summed E-state index contributed by atoms with van der Waals surface area (Å²) in [5.41, 5.74) is 6.29. The van der Waals surface area contributed by atoms with Crippen molar-refractivity contribution in [2.24, 2.45) is 4.99 Å². The number of nitrogens with zero attached hydrogens (tertiary/aromatic N) is 2. The highest BCUT2D eigenvalue weighted by Gasteiger charge is 2.32. The van der Waals surface area contributed by atoms with E-state index in [9.17, 15) is 9.90 Å². The first kappa shape index (κ1) is 19.0. The molecule has 0 unspecified atom stereocenters. The van der Waals surface area contributed by atoms with Gasteiger partial charge in [0.2, 0.25) is 0 Å². The standard InChI is InChI=1S/C27H20N2O2S/c30-22-13-7-5-11-19(22)16-23-26(31)29-25(18-9-2-1-3-10-18)21-15-14-17-8-4-6-12-20(17)24(21)28-27(29)32-23/h1-13,16,25,30H,14-15H2/t25-/m1/s1. The van der Waals surface area contributed by atoms with Crippen LogP contribution in [-0.4, -0.2) is 9.67 Å². The summed E-state index contributed by atoms with van der Waals surface area (Å²) >= 11 is 1.38. The van der Waals surface area contributed by atoms with Crippen molar-refractivity contribution in [3.8, 4) is 5.75 Å². The van der Waals surface area contributed by atoms with Crippen LogP contribution in [0.15, 0.2) is 94.2 Å². The van der Waals surface area contributed by atoms with Crippen LogP contribution in [0.5, 0.6) is 5.75 Å². The molecule has 2 heterocycles. The fraction of sp³-hybridized carbons (Fsp3) is 0.111. The molecule has 0 saturated carbocycles. The molecular weight excluding hydrogens is 416 g/mol. The van der Waals surface area contributed by atoms with Crippen LogP contribution in [0.1, 0.15) is 34.7 Å². The Hall–Kier alpha value is -3.70. The van der Waals surface area contributed by atoms with Crippen molar-refractivity contribution in [1.82, 2.24) is 4.57 Å². The molecule has 0 fully saturated rings. The van der Waals surface area contributed by atoms with Gasteiger partial charge in [-0.15, -0.1) is 0 Å². The second kappa shape index (κ2) is 7.46. The number of hydrogen-bond donors (Lipinski definition) is 1. The van der Waals surface area contributed by atoms with Gasteiger partial charge in [0.25, 0.3) is 5.56 Å². The molecule has 4 aromatic rings. The van der Waals surface area contributed by atoms with E-state index in [0.717, 1.165) is 29.7 Å². The number of phenols is 1. The number of phenolic OH excluding ortho intramolecular Hbond substituents is 1. The maximum absolute atomic E-state index is 13.6. The number of thiazole rings is 1. The highest BCUT2D eigenvalue weighted by molar-refractivity contribution is 7.07. The molecule has 156 valence electrons. The Kier molecular flexibility index (Phi) is 4.44. The minimum atomic E-state index is -0.178. The first-order chi connectivity index (χ1) is 15.7. The Morgan fingerprint density at radius 1 is 0.938 bits per heavy atom. The van der Waals surface area contributed by atoms with E-state index in [-0.39, 0.29) is 17.4 Å². The van der Waals surface area contributed by atoms with Gasteiger partial charge in [0.15, 0.2) is 4.80 Å². The highest BCUT2D eigenvalue weighted by Crippen LogP contribution is 2.41. The molecular formula is C27H20N2O2S. The Balaban J connectivity index is 1.65. The first-order valence-corrected chi connectivity index (χ1v) is 11.5. The summed E-state index contributed by atoms with van der Waals surface area (Å²) in [6.45, 7) is 0. The van der Waals surface area contributed by atoms with Gasteiger partial charge in [-0.3, -0.25) is 9.36 Å². The van der Waals surface area contributed by atoms with Crippen LogP contribution in [-0.2, 0) is 6.42 Å². The minimum Gasteiger partial charge on any atom is -0.507 e. The first-order valence-electron chi connectivity index (χ1n) is 10.7. The van der Waals surface area contributed by atoms with Crippen molar-refractivity contribution in [2.45, 2.75) is 18.9 Å². The summed E-state index contributed by atoms with van der Waals surface area (Å²) in [4.78, 5) is 19.3. The number of benzene rings is 3. The molecule has 0 amide bonds. The second-order valence-corrected chi connectivity index (χ2v) is 9.09. The molecule has 1 aliphatic heterocycles. The lowest BCUT2D eigenvalue weighted by Gasteiger charge is -2.30. The van der Waals surface area contributed by atoms with Gasteiger partial charge in [-0.05, 0) is 41.7 Å². The Morgan fingerprint density at radius 3 is 2.53 bits per heavy atom. The summed E-state index contributed by atoms with van der Waals surface area (Å²) < 4.78 is 2.40. The highest BCUT2D eigenvalue weighted by atomic mass is 32.1. The molecule has 5 heteroatoms. The summed E-state index contributed by atoms with van der Waals surface area (Å²) in [5.74, 6) is 0.158. The molecule has 0 radical (unpaired) electrons. The number of aromatic hydroxyl groups is 1. The van der Waals surface area contributed by atoms with E-state index < -0.39 is 0 Å². The lowest BCUT2D eigenvalue weighted by atomic mass is 9.83. The van der Waals surface area contributed by atoms with E-state index in [2.05, 4.69) is 36.4 Å². The van der Waals surface area contributed by atoms with Crippen LogP contribution in [0.4, 0.5) is 0 Å². The summed E-state index contributed by atoms with van der Waals surface area (Å²) in [7, 11) is 0. The number of aromatic nitrogens is 1. The molecule has 3 aromatic carbocycles. The maximum atomic E-state index is 13.6.